The Balaban J connectivity index is 1.24. The van der Waals surface area contributed by atoms with E-state index in [2.05, 4.69) is 6.92 Å². The number of fused-ring (bicyclic) bond motifs is 1. The summed E-state index contributed by atoms with van der Waals surface area (Å²) >= 11 is 0. The lowest BCUT2D eigenvalue weighted by Crippen LogP contribution is -2.58. The third-order valence-corrected chi connectivity index (χ3v) is 10.8. The normalized spacial score (nSPS) is 46.2. The summed E-state index contributed by atoms with van der Waals surface area (Å²) in [5.41, 5.74) is -0.0844. The molecule has 9 unspecified atom stereocenters. The molecule has 1 aliphatic heterocycles. The van der Waals surface area contributed by atoms with Gasteiger partial charge in [-0.05, 0) is 62.7 Å². The van der Waals surface area contributed by atoms with Crippen LogP contribution in [0.5, 0.6) is 0 Å². The van der Waals surface area contributed by atoms with Crippen molar-refractivity contribution in [3.05, 3.63) is 0 Å². The number of halogens is 2. The highest BCUT2D eigenvalue weighted by molar-refractivity contribution is 7.87. The van der Waals surface area contributed by atoms with Crippen molar-refractivity contribution in [3.8, 4) is 0 Å². The minimum Gasteiger partial charge on any atom is -0.461 e. The Hall–Kier alpha value is -1.82. The summed E-state index contributed by atoms with van der Waals surface area (Å²) in [6, 6.07) is 0. The van der Waals surface area contributed by atoms with Crippen molar-refractivity contribution in [1.29, 1.82) is 0 Å². The van der Waals surface area contributed by atoms with Gasteiger partial charge in [0, 0.05) is 17.3 Å². The van der Waals surface area contributed by atoms with Crippen molar-refractivity contribution >= 4 is 28.0 Å². The maximum absolute atomic E-state index is 13.9. The van der Waals surface area contributed by atoms with Crippen LogP contribution in [0.4, 0.5) is 8.78 Å². The summed E-state index contributed by atoms with van der Waals surface area (Å²) in [6.07, 6.45) is 4.69. The number of rotatable bonds is 7. The van der Waals surface area contributed by atoms with Crippen LogP contribution in [0.1, 0.15) is 58.3 Å². The highest BCUT2D eigenvalue weighted by Gasteiger charge is 2.71. The van der Waals surface area contributed by atoms with Gasteiger partial charge in [-0.1, -0.05) is 13.3 Å². The molecule has 0 aromatic heterocycles. The number of hydrogen-bond donors (Lipinski definition) is 1. The van der Waals surface area contributed by atoms with E-state index in [1.807, 2.05) is 0 Å². The van der Waals surface area contributed by atoms with Crippen LogP contribution in [0.25, 0.3) is 0 Å². The largest absolute Gasteiger partial charge is 0.465 e. The Morgan fingerprint density at radius 1 is 1.11 bits per heavy atom. The lowest BCUT2D eigenvalue weighted by Gasteiger charge is -2.60. The topological polar surface area (TPSA) is 133 Å². The van der Waals surface area contributed by atoms with Crippen LogP contribution in [0, 0.1) is 46.8 Å². The van der Waals surface area contributed by atoms with E-state index in [1.54, 1.807) is 0 Å². The molecule has 9 nitrogen and oxygen atoms in total. The molecule has 1 saturated heterocycles. The second kappa shape index (κ2) is 7.85. The van der Waals surface area contributed by atoms with Crippen molar-refractivity contribution in [2.24, 2.45) is 46.8 Å². The van der Waals surface area contributed by atoms with Crippen LogP contribution in [-0.4, -0.2) is 54.4 Å². The molecule has 6 saturated carbocycles. The zero-order valence-electron chi connectivity index (χ0n) is 19.8. The van der Waals surface area contributed by atoms with Gasteiger partial charge in [0.05, 0.1) is 11.8 Å². The zero-order chi connectivity index (χ0) is 25.8. The van der Waals surface area contributed by atoms with Gasteiger partial charge in [-0.2, -0.15) is 17.2 Å². The van der Waals surface area contributed by atoms with Crippen LogP contribution in [0.15, 0.2) is 0 Å². The first kappa shape index (κ1) is 24.5. The fraction of sp³-hybridized carbons (Fsp3) is 0.875. The molecule has 6 bridgehead atoms. The number of ether oxygens (including phenoxy) is 3. The monoisotopic (exact) mass is 532 g/mol. The van der Waals surface area contributed by atoms with Gasteiger partial charge in [0.2, 0.25) is 0 Å². The van der Waals surface area contributed by atoms with Crippen molar-refractivity contribution in [2.45, 2.75) is 81.9 Å². The van der Waals surface area contributed by atoms with Crippen LogP contribution in [-0.2, 0) is 38.7 Å². The van der Waals surface area contributed by atoms with Crippen LogP contribution in [0.2, 0.25) is 0 Å². The van der Waals surface area contributed by atoms with Gasteiger partial charge in [-0.25, -0.2) is 4.79 Å². The average Bonchev–Trinajstić information content (AvgIpc) is 3.39. The molecular weight excluding hydrogens is 502 g/mol. The third kappa shape index (κ3) is 3.31. The second-order valence-corrected chi connectivity index (χ2v) is 13.4. The fourth-order valence-electron chi connectivity index (χ4n) is 9.20. The first-order valence-electron chi connectivity index (χ1n) is 12.8. The molecule has 0 aromatic carbocycles. The summed E-state index contributed by atoms with van der Waals surface area (Å²) < 4.78 is 74.8. The van der Waals surface area contributed by atoms with E-state index < -0.39 is 69.2 Å². The van der Waals surface area contributed by atoms with E-state index in [-0.39, 0.29) is 23.9 Å². The molecule has 36 heavy (non-hydrogen) atoms. The maximum atomic E-state index is 13.9. The predicted octanol–water partition coefficient (Wildman–Crippen LogP) is 2.72. The van der Waals surface area contributed by atoms with Gasteiger partial charge in [0.25, 0.3) is 0 Å². The summed E-state index contributed by atoms with van der Waals surface area (Å²) in [5, 5.41) is -5.18. The van der Waals surface area contributed by atoms with E-state index in [1.165, 1.54) is 6.42 Å². The first-order valence-corrected chi connectivity index (χ1v) is 14.3. The Morgan fingerprint density at radius 2 is 1.78 bits per heavy atom. The van der Waals surface area contributed by atoms with E-state index in [4.69, 9.17) is 18.8 Å². The predicted molar refractivity (Wildman–Crippen MR) is 116 cm³/mol. The van der Waals surface area contributed by atoms with Gasteiger partial charge >= 0.3 is 33.3 Å². The summed E-state index contributed by atoms with van der Waals surface area (Å²) in [4.78, 5) is 38.3. The Kier molecular flexibility index (Phi) is 5.34. The molecule has 7 aliphatic rings. The Labute approximate surface area is 207 Å². The van der Waals surface area contributed by atoms with Crippen LogP contribution < -0.4 is 0 Å². The fourth-order valence-corrected chi connectivity index (χ4v) is 9.46. The molecule has 0 amide bonds. The molecule has 12 heteroatoms. The van der Waals surface area contributed by atoms with E-state index in [0.29, 0.717) is 11.8 Å². The number of alkyl halides is 2. The molecule has 0 radical (unpaired) electrons. The smallest absolute Gasteiger partial charge is 0.461 e. The van der Waals surface area contributed by atoms with E-state index >= 15 is 0 Å². The van der Waals surface area contributed by atoms with E-state index in [0.717, 1.165) is 38.5 Å². The molecule has 1 N–H and O–H groups in total. The zero-order valence-corrected chi connectivity index (χ0v) is 20.6. The lowest BCUT2D eigenvalue weighted by atomic mass is 9.47. The molecule has 6 aliphatic carbocycles. The van der Waals surface area contributed by atoms with E-state index in [9.17, 15) is 31.6 Å². The Morgan fingerprint density at radius 3 is 2.39 bits per heavy atom. The third-order valence-electron chi connectivity index (χ3n) is 9.97. The molecule has 0 spiro atoms. The highest BCUT2D eigenvalue weighted by Crippen LogP contribution is 2.64. The minimum absolute atomic E-state index is 0.0844. The molecule has 1 heterocycles. The summed E-state index contributed by atoms with van der Waals surface area (Å²) in [5.74, 6) is -5.33. The lowest BCUT2D eigenvalue weighted by molar-refractivity contribution is -0.204. The molecule has 7 fully saturated rings. The number of esters is 3. The van der Waals surface area contributed by atoms with Gasteiger partial charge in [0.15, 0.2) is 0 Å². The summed E-state index contributed by atoms with van der Waals surface area (Å²) in [7, 11) is -6.06. The number of carbonyl (C=O) groups excluding carboxylic acids is 3. The molecule has 200 valence electrons. The Bertz CT molecular complexity index is 1090. The number of carbonyl (C=O) groups is 3. The first-order chi connectivity index (χ1) is 16.9. The minimum atomic E-state index is -6.06. The summed E-state index contributed by atoms with van der Waals surface area (Å²) in [6.45, 7) is 2.11. The molecular formula is C24H30F2O9S. The van der Waals surface area contributed by atoms with Crippen LogP contribution in [0.3, 0.4) is 0 Å². The molecule has 9 atom stereocenters. The van der Waals surface area contributed by atoms with Gasteiger partial charge in [0.1, 0.15) is 18.3 Å². The average molecular weight is 533 g/mol. The quantitative estimate of drug-likeness (QED) is 0.298. The van der Waals surface area contributed by atoms with Crippen molar-refractivity contribution in [1.82, 2.24) is 0 Å². The highest BCUT2D eigenvalue weighted by atomic mass is 32.2. The van der Waals surface area contributed by atoms with Gasteiger partial charge in [-0.15, -0.1) is 0 Å². The SMILES string of the molecule is CCCC12CC3CC(CC(C3)C1OC(=O)C1C3CC4C(OC(=O)C41)C3OC(=O)C(F)(F)S(=O)(=O)O)C2. The van der Waals surface area contributed by atoms with Crippen molar-refractivity contribution in [2.75, 3.05) is 0 Å². The second-order valence-electron chi connectivity index (χ2n) is 12.0. The standard InChI is InChI=1S/C24H30F2O9S/c1-2-3-23-8-10-4-11(9-23)6-12(5-10)19(23)35-21(28)16-14-7-13-15(16)20(27)33-17(13)18(14)34-22(29)24(25,26)36(30,31)32/h10-19H,2-9H2,1H3,(H,30,31,32). The van der Waals surface area contributed by atoms with Crippen molar-refractivity contribution < 1.29 is 50.3 Å². The number of hydrogen-bond acceptors (Lipinski definition) is 8. The maximum Gasteiger partial charge on any atom is 0.465 e. The molecule has 0 aromatic rings. The van der Waals surface area contributed by atoms with Crippen molar-refractivity contribution in [3.63, 3.8) is 0 Å². The molecule has 7 rings (SSSR count). The van der Waals surface area contributed by atoms with Gasteiger partial charge < -0.3 is 14.2 Å². The van der Waals surface area contributed by atoms with Gasteiger partial charge in [-0.3, -0.25) is 14.1 Å². The van der Waals surface area contributed by atoms with Crippen LogP contribution >= 0.6 is 0 Å².